The zero-order valence-corrected chi connectivity index (χ0v) is 21.8. The van der Waals surface area contributed by atoms with Gasteiger partial charge in [-0.25, -0.2) is 9.97 Å². The summed E-state index contributed by atoms with van der Waals surface area (Å²) < 4.78 is 4.91. The first-order valence-corrected chi connectivity index (χ1v) is 12.4. The molecule has 2 aliphatic rings. The Morgan fingerprint density at radius 1 is 0.750 bits per heavy atom. The van der Waals surface area contributed by atoms with Crippen LogP contribution < -0.4 is 0 Å². The number of hydrogen-bond donors (Lipinski definition) is 2. The van der Waals surface area contributed by atoms with Gasteiger partial charge >= 0.3 is 5.97 Å². The molecule has 36 heavy (non-hydrogen) atoms. The molecule has 0 atom stereocenters. The van der Waals surface area contributed by atoms with Crippen LogP contribution in [0.5, 0.6) is 0 Å². The quantitative estimate of drug-likeness (QED) is 0.388. The molecule has 0 spiro atoms. The van der Waals surface area contributed by atoms with Crippen LogP contribution in [-0.2, 0) is 9.53 Å². The second-order valence-electron chi connectivity index (χ2n) is 9.62. The Labute approximate surface area is 211 Å². The Hall–Kier alpha value is -3.93. The van der Waals surface area contributed by atoms with Gasteiger partial charge in [0.1, 0.15) is 0 Å². The van der Waals surface area contributed by atoms with Gasteiger partial charge in [-0.05, 0) is 110 Å². The smallest absolute Gasteiger partial charge is 0.305 e. The molecule has 2 aliphatic heterocycles. The van der Waals surface area contributed by atoms with Gasteiger partial charge in [-0.15, -0.1) is 0 Å². The number of aromatic nitrogens is 4. The molecule has 2 N–H and O–H groups in total. The standard InChI is InChI=1S/C30H32N4O2/c1-7-22-18(4)26-13-21-10-16(2)24(31-21)12-20-11-17(3)25(32-20)14-27-19(5)23(8-9-30(35)36-6)29(34-27)15-28(22)33-26/h10-15,31-32H,7-9H2,1-6H3. The van der Waals surface area contributed by atoms with E-state index < -0.39 is 0 Å². The molecule has 3 aromatic heterocycles. The molecule has 0 radical (unpaired) electrons. The molecule has 0 amide bonds. The van der Waals surface area contributed by atoms with E-state index >= 15 is 0 Å². The number of aromatic amines is 2. The van der Waals surface area contributed by atoms with Crippen molar-refractivity contribution in [2.45, 2.75) is 53.9 Å². The van der Waals surface area contributed by atoms with Crippen LogP contribution >= 0.6 is 0 Å². The maximum absolute atomic E-state index is 12.0. The molecular formula is C30H32N4O2. The number of nitrogens with one attached hydrogen (secondary N) is 2. The van der Waals surface area contributed by atoms with Gasteiger partial charge in [-0.2, -0.15) is 0 Å². The number of allylic oxidation sites excluding steroid dienone is 4. The predicted octanol–water partition coefficient (Wildman–Crippen LogP) is 7.16. The van der Waals surface area contributed by atoms with Crippen LogP contribution in [0, 0.1) is 13.8 Å². The molecule has 0 aromatic carbocycles. The highest BCUT2D eigenvalue weighted by Gasteiger charge is 2.21. The summed E-state index contributed by atoms with van der Waals surface area (Å²) in [5.41, 5.74) is 14.7. The van der Waals surface area contributed by atoms with Crippen LogP contribution in [-0.4, -0.2) is 33.0 Å². The van der Waals surface area contributed by atoms with Crippen molar-refractivity contribution in [3.63, 3.8) is 0 Å². The number of aryl methyl sites for hydroxylation is 2. The summed E-state index contributed by atoms with van der Waals surface area (Å²) in [6.45, 7) is 10.6. The van der Waals surface area contributed by atoms with Crippen molar-refractivity contribution in [2.24, 2.45) is 0 Å². The summed E-state index contributed by atoms with van der Waals surface area (Å²) in [5, 5.41) is 0. The topological polar surface area (TPSA) is 83.7 Å². The van der Waals surface area contributed by atoms with E-state index in [0.717, 1.165) is 68.0 Å². The van der Waals surface area contributed by atoms with Crippen molar-refractivity contribution in [1.82, 2.24) is 19.9 Å². The van der Waals surface area contributed by atoms with E-state index in [1.165, 1.54) is 23.8 Å². The number of hydrogen-bond acceptors (Lipinski definition) is 4. The number of esters is 1. The molecule has 0 unspecified atom stereocenters. The van der Waals surface area contributed by atoms with Crippen LogP contribution in [0.4, 0.5) is 0 Å². The van der Waals surface area contributed by atoms with Crippen LogP contribution in [0.25, 0.3) is 44.4 Å². The highest BCUT2D eigenvalue weighted by molar-refractivity contribution is 5.95. The molecule has 0 saturated heterocycles. The van der Waals surface area contributed by atoms with E-state index in [1.807, 2.05) is 0 Å². The summed E-state index contributed by atoms with van der Waals surface area (Å²) in [5.74, 6) is -0.222. The summed E-state index contributed by atoms with van der Waals surface area (Å²) >= 11 is 0. The van der Waals surface area contributed by atoms with Gasteiger partial charge in [0, 0.05) is 28.5 Å². The lowest BCUT2D eigenvalue weighted by Gasteiger charge is -2.05. The van der Waals surface area contributed by atoms with Crippen LogP contribution in [0.2, 0.25) is 0 Å². The maximum Gasteiger partial charge on any atom is 0.305 e. The lowest BCUT2D eigenvalue weighted by molar-refractivity contribution is -0.140. The number of ether oxygens (including phenoxy) is 1. The van der Waals surface area contributed by atoms with Gasteiger partial charge in [-0.1, -0.05) is 6.92 Å². The zero-order valence-electron chi connectivity index (χ0n) is 21.8. The summed E-state index contributed by atoms with van der Waals surface area (Å²) in [6, 6.07) is 12.8. The Morgan fingerprint density at radius 3 is 1.94 bits per heavy atom. The van der Waals surface area contributed by atoms with E-state index in [-0.39, 0.29) is 5.97 Å². The fourth-order valence-corrected chi connectivity index (χ4v) is 5.09. The van der Waals surface area contributed by atoms with Gasteiger partial charge in [0.25, 0.3) is 0 Å². The van der Waals surface area contributed by atoms with Crippen LogP contribution in [0.1, 0.15) is 73.9 Å². The minimum atomic E-state index is -0.222. The zero-order chi connectivity index (χ0) is 25.6. The van der Waals surface area contributed by atoms with E-state index in [2.05, 4.69) is 81.0 Å². The van der Waals surface area contributed by atoms with Crippen molar-refractivity contribution >= 4 is 50.3 Å². The Bertz CT molecular complexity index is 1610. The van der Waals surface area contributed by atoms with Crippen molar-refractivity contribution < 1.29 is 9.53 Å². The monoisotopic (exact) mass is 480 g/mol. The molecule has 0 aliphatic carbocycles. The molecule has 3 aromatic rings. The molecule has 5 heterocycles. The third kappa shape index (κ3) is 4.28. The SMILES string of the molecule is CCC1=C(C)c2cc3cc(C)c(cc4cc(C)c(cc5nc(cc1n2)C(CCC(=O)OC)=C5C)[nH]4)[nH]3. The second-order valence-corrected chi connectivity index (χ2v) is 9.62. The number of carbonyl (C=O) groups is 1. The maximum atomic E-state index is 12.0. The first-order valence-electron chi connectivity index (χ1n) is 12.4. The molecule has 0 saturated carbocycles. The molecule has 6 heteroatoms. The van der Waals surface area contributed by atoms with Crippen LogP contribution in [0.3, 0.4) is 0 Å². The molecule has 6 nitrogen and oxygen atoms in total. The minimum absolute atomic E-state index is 0.222. The molecule has 8 bridgehead atoms. The lowest BCUT2D eigenvalue weighted by Crippen LogP contribution is -2.00. The first kappa shape index (κ1) is 23.8. The van der Waals surface area contributed by atoms with E-state index in [0.29, 0.717) is 12.8 Å². The lowest BCUT2D eigenvalue weighted by atomic mass is 9.99. The Kier molecular flexibility index (Phi) is 6.12. The molecular weight excluding hydrogens is 448 g/mol. The Morgan fingerprint density at radius 2 is 1.31 bits per heavy atom. The van der Waals surface area contributed by atoms with Crippen molar-refractivity contribution in [3.8, 4) is 0 Å². The normalized spacial score (nSPS) is 13.5. The number of methoxy groups -OCH3 is 1. The van der Waals surface area contributed by atoms with Crippen molar-refractivity contribution in [1.29, 1.82) is 0 Å². The van der Waals surface area contributed by atoms with Crippen LogP contribution in [0.15, 0.2) is 36.4 Å². The first-order chi connectivity index (χ1) is 17.3. The molecule has 184 valence electrons. The Balaban J connectivity index is 1.84. The van der Waals surface area contributed by atoms with Gasteiger partial charge in [0.05, 0.1) is 29.9 Å². The third-order valence-electron chi connectivity index (χ3n) is 7.23. The highest BCUT2D eigenvalue weighted by atomic mass is 16.5. The largest absolute Gasteiger partial charge is 0.469 e. The highest BCUT2D eigenvalue weighted by Crippen LogP contribution is 2.37. The summed E-state index contributed by atoms with van der Waals surface area (Å²) in [6.07, 6.45) is 1.76. The number of H-pyrrole nitrogens is 2. The third-order valence-corrected chi connectivity index (χ3v) is 7.23. The number of fused-ring (bicyclic) bond motifs is 8. The van der Waals surface area contributed by atoms with E-state index in [9.17, 15) is 4.79 Å². The van der Waals surface area contributed by atoms with E-state index in [4.69, 9.17) is 14.7 Å². The fourth-order valence-electron chi connectivity index (χ4n) is 5.09. The van der Waals surface area contributed by atoms with Crippen molar-refractivity contribution in [2.75, 3.05) is 7.11 Å². The number of nitrogens with zero attached hydrogens (tertiary/aromatic N) is 2. The van der Waals surface area contributed by atoms with Crippen molar-refractivity contribution in [3.05, 3.63) is 70.3 Å². The van der Waals surface area contributed by atoms with Gasteiger partial charge in [0.2, 0.25) is 0 Å². The predicted molar refractivity (Wildman–Crippen MR) is 147 cm³/mol. The minimum Gasteiger partial charge on any atom is -0.469 e. The fraction of sp³-hybridized carbons (Fsp3) is 0.300. The number of carbonyl (C=O) groups excluding carboxylic acids is 1. The van der Waals surface area contributed by atoms with E-state index in [1.54, 1.807) is 0 Å². The average molecular weight is 481 g/mol. The average Bonchev–Trinajstić information content (AvgIpc) is 3.54. The van der Waals surface area contributed by atoms with Gasteiger partial charge in [-0.3, -0.25) is 4.79 Å². The summed E-state index contributed by atoms with van der Waals surface area (Å²) in [4.78, 5) is 29.1. The number of rotatable bonds is 4. The summed E-state index contributed by atoms with van der Waals surface area (Å²) in [7, 11) is 1.43. The molecule has 0 fully saturated rings. The van der Waals surface area contributed by atoms with Gasteiger partial charge < -0.3 is 14.7 Å². The van der Waals surface area contributed by atoms with Gasteiger partial charge in [0.15, 0.2) is 0 Å². The molecule has 5 rings (SSSR count). The second kappa shape index (κ2) is 9.26.